The van der Waals surface area contributed by atoms with Crippen LogP contribution in [-0.2, 0) is 7.05 Å². The fourth-order valence-electron chi connectivity index (χ4n) is 1.14. The number of aromatic hydroxyl groups is 1. The Morgan fingerprint density at radius 1 is 1.50 bits per heavy atom. The standard InChI is InChI=1S/C10H15N3O3/c1-10(2,3)11-9(16)7-8(15)6(14)5-13(4)12-7/h5,14H,1-4H3,(H,11,16). The molecule has 6 nitrogen and oxygen atoms in total. The molecule has 0 radical (unpaired) electrons. The van der Waals surface area contributed by atoms with Crippen LogP contribution in [-0.4, -0.2) is 26.3 Å². The third-order valence-electron chi connectivity index (χ3n) is 1.72. The van der Waals surface area contributed by atoms with Crippen LogP contribution >= 0.6 is 0 Å². The van der Waals surface area contributed by atoms with Crippen LogP contribution in [0, 0.1) is 0 Å². The van der Waals surface area contributed by atoms with Crippen LogP contribution in [0.2, 0.25) is 0 Å². The molecule has 1 amide bonds. The van der Waals surface area contributed by atoms with Gasteiger partial charge in [0.15, 0.2) is 11.4 Å². The molecule has 0 aliphatic heterocycles. The molecular weight excluding hydrogens is 210 g/mol. The molecular formula is C10H15N3O3. The lowest BCUT2D eigenvalue weighted by Gasteiger charge is -2.19. The highest BCUT2D eigenvalue weighted by atomic mass is 16.3. The van der Waals surface area contributed by atoms with Crippen molar-refractivity contribution in [1.82, 2.24) is 15.1 Å². The van der Waals surface area contributed by atoms with Gasteiger partial charge in [-0.1, -0.05) is 0 Å². The second-order valence-electron chi connectivity index (χ2n) is 4.57. The maximum absolute atomic E-state index is 11.7. The highest BCUT2D eigenvalue weighted by Crippen LogP contribution is 2.03. The van der Waals surface area contributed by atoms with E-state index in [-0.39, 0.29) is 5.69 Å². The van der Waals surface area contributed by atoms with Crippen molar-refractivity contribution in [2.24, 2.45) is 7.05 Å². The molecule has 1 rings (SSSR count). The summed E-state index contributed by atoms with van der Waals surface area (Å²) in [6.07, 6.45) is 1.15. The van der Waals surface area contributed by atoms with Crippen molar-refractivity contribution in [3.8, 4) is 5.75 Å². The van der Waals surface area contributed by atoms with E-state index in [1.54, 1.807) is 20.8 Å². The van der Waals surface area contributed by atoms with Crippen LogP contribution in [0.5, 0.6) is 5.75 Å². The Morgan fingerprint density at radius 2 is 2.06 bits per heavy atom. The minimum absolute atomic E-state index is 0.308. The van der Waals surface area contributed by atoms with Gasteiger partial charge in [0.05, 0.1) is 6.20 Å². The maximum Gasteiger partial charge on any atom is 0.276 e. The monoisotopic (exact) mass is 225 g/mol. The van der Waals surface area contributed by atoms with E-state index in [1.807, 2.05) is 0 Å². The number of hydrogen-bond donors (Lipinski definition) is 2. The second kappa shape index (κ2) is 3.96. The predicted molar refractivity (Wildman–Crippen MR) is 58.4 cm³/mol. The van der Waals surface area contributed by atoms with Crippen molar-refractivity contribution in [3.05, 3.63) is 22.1 Å². The molecule has 0 atom stereocenters. The zero-order chi connectivity index (χ0) is 12.5. The van der Waals surface area contributed by atoms with Crippen molar-refractivity contribution < 1.29 is 9.90 Å². The van der Waals surface area contributed by atoms with E-state index in [4.69, 9.17) is 0 Å². The fourth-order valence-corrected chi connectivity index (χ4v) is 1.14. The third kappa shape index (κ3) is 2.82. The van der Waals surface area contributed by atoms with Gasteiger partial charge in [-0.15, -0.1) is 0 Å². The molecule has 16 heavy (non-hydrogen) atoms. The summed E-state index contributed by atoms with van der Waals surface area (Å²) in [5.74, 6) is -1.08. The van der Waals surface area contributed by atoms with Crippen LogP contribution in [0.25, 0.3) is 0 Å². The SMILES string of the molecule is Cn1cc(O)c(=O)c(C(=O)NC(C)(C)C)n1. The maximum atomic E-state index is 11.7. The smallest absolute Gasteiger partial charge is 0.276 e. The van der Waals surface area contributed by atoms with Gasteiger partial charge in [-0.05, 0) is 20.8 Å². The number of nitrogens with zero attached hydrogens (tertiary/aromatic N) is 2. The predicted octanol–water partition coefficient (Wildman–Crippen LogP) is 0.0142. The summed E-state index contributed by atoms with van der Waals surface area (Å²) in [7, 11) is 1.52. The third-order valence-corrected chi connectivity index (χ3v) is 1.72. The molecule has 0 aromatic carbocycles. The minimum atomic E-state index is -0.764. The van der Waals surface area contributed by atoms with Crippen molar-refractivity contribution in [2.75, 3.05) is 0 Å². The van der Waals surface area contributed by atoms with E-state index in [2.05, 4.69) is 10.4 Å². The van der Waals surface area contributed by atoms with Crippen molar-refractivity contribution in [1.29, 1.82) is 0 Å². The van der Waals surface area contributed by atoms with Gasteiger partial charge in [0.25, 0.3) is 11.3 Å². The molecule has 0 aliphatic rings. The molecule has 0 fully saturated rings. The number of carbonyl (C=O) groups excluding carboxylic acids is 1. The zero-order valence-electron chi connectivity index (χ0n) is 9.74. The van der Waals surface area contributed by atoms with Crippen LogP contribution in [0.3, 0.4) is 0 Å². The Hall–Kier alpha value is -1.85. The number of amides is 1. The van der Waals surface area contributed by atoms with E-state index >= 15 is 0 Å². The minimum Gasteiger partial charge on any atom is -0.503 e. The van der Waals surface area contributed by atoms with Crippen LogP contribution in [0.4, 0.5) is 0 Å². The molecule has 0 saturated carbocycles. The summed E-state index contributed by atoms with van der Waals surface area (Å²) in [6, 6.07) is 0. The zero-order valence-corrected chi connectivity index (χ0v) is 9.74. The molecule has 0 saturated heterocycles. The van der Waals surface area contributed by atoms with Crippen molar-refractivity contribution >= 4 is 5.91 Å². The molecule has 0 bridgehead atoms. The first-order valence-corrected chi connectivity index (χ1v) is 4.80. The number of aryl methyl sites for hydroxylation is 1. The van der Waals surface area contributed by atoms with E-state index in [0.717, 1.165) is 6.20 Å². The molecule has 1 heterocycles. The Labute approximate surface area is 92.9 Å². The summed E-state index contributed by atoms with van der Waals surface area (Å²) in [4.78, 5) is 23.1. The summed E-state index contributed by atoms with van der Waals surface area (Å²) < 4.78 is 1.22. The van der Waals surface area contributed by atoms with Gasteiger partial charge in [-0.2, -0.15) is 5.10 Å². The highest BCUT2D eigenvalue weighted by Gasteiger charge is 2.20. The van der Waals surface area contributed by atoms with Crippen LogP contribution in [0.1, 0.15) is 31.3 Å². The van der Waals surface area contributed by atoms with E-state index in [0.29, 0.717) is 0 Å². The van der Waals surface area contributed by atoms with Gasteiger partial charge in [0.1, 0.15) is 0 Å². The number of aromatic nitrogens is 2. The first-order valence-electron chi connectivity index (χ1n) is 4.80. The van der Waals surface area contributed by atoms with E-state index in [1.165, 1.54) is 11.7 Å². The molecule has 1 aromatic rings. The quantitative estimate of drug-likeness (QED) is 0.705. The molecule has 2 N–H and O–H groups in total. The molecule has 0 unspecified atom stereocenters. The number of carbonyl (C=O) groups is 1. The lowest BCUT2D eigenvalue weighted by atomic mass is 10.1. The summed E-state index contributed by atoms with van der Waals surface area (Å²) in [5, 5.41) is 15.6. The van der Waals surface area contributed by atoms with Crippen LogP contribution < -0.4 is 10.7 Å². The topological polar surface area (TPSA) is 84.2 Å². The second-order valence-corrected chi connectivity index (χ2v) is 4.57. The Kier molecular flexibility index (Phi) is 3.02. The van der Waals surface area contributed by atoms with E-state index < -0.39 is 22.6 Å². The Bertz CT molecular complexity index is 471. The lowest BCUT2D eigenvalue weighted by Crippen LogP contribution is -2.43. The van der Waals surface area contributed by atoms with Gasteiger partial charge in [0, 0.05) is 12.6 Å². The number of hydrogen-bond acceptors (Lipinski definition) is 4. The fraction of sp³-hybridized carbons (Fsp3) is 0.500. The average Bonchev–Trinajstić information content (AvgIpc) is 2.08. The lowest BCUT2D eigenvalue weighted by molar-refractivity contribution is 0.0910. The first kappa shape index (κ1) is 12.2. The summed E-state index contributed by atoms with van der Waals surface area (Å²) in [5.41, 5.74) is -1.54. The van der Waals surface area contributed by atoms with Gasteiger partial charge in [-0.25, -0.2) is 0 Å². The van der Waals surface area contributed by atoms with Gasteiger partial charge in [0.2, 0.25) is 0 Å². The molecule has 1 aromatic heterocycles. The van der Waals surface area contributed by atoms with E-state index in [9.17, 15) is 14.7 Å². The highest BCUT2D eigenvalue weighted by molar-refractivity contribution is 5.92. The molecule has 88 valence electrons. The first-order chi connectivity index (χ1) is 7.20. The number of rotatable bonds is 1. The van der Waals surface area contributed by atoms with Gasteiger partial charge in [-0.3, -0.25) is 14.3 Å². The summed E-state index contributed by atoms with van der Waals surface area (Å²) in [6.45, 7) is 5.37. The molecule has 6 heteroatoms. The van der Waals surface area contributed by atoms with Crippen LogP contribution in [0.15, 0.2) is 11.0 Å². The largest absolute Gasteiger partial charge is 0.503 e. The molecule has 0 aliphatic carbocycles. The molecule has 0 spiro atoms. The average molecular weight is 225 g/mol. The van der Waals surface area contributed by atoms with Crippen molar-refractivity contribution in [3.63, 3.8) is 0 Å². The normalized spacial score (nSPS) is 11.2. The number of nitrogens with one attached hydrogen (secondary N) is 1. The Morgan fingerprint density at radius 3 is 2.56 bits per heavy atom. The van der Waals surface area contributed by atoms with Gasteiger partial charge >= 0.3 is 0 Å². The Balaban J connectivity index is 3.15. The summed E-state index contributed by atoms with van der Waals surface area (Å²) >= 11 is 0. The van der Waals surface area contributed by atoms with Gasteiger partial charge < -0.3 is 10.4 Å². The van der Waals surface area contributed by atoms with Crippen molar-refractivity contribution in [2.45, 2.75) is 26.3 Å².